The largest absolute Gasteiger partial charge is 0.460 e. The van der Waals surface area contributed by atoms with E-state index < -0.39 is 11.1 Å². The summed E-state index contributed by atoms with van der Waals surface area (Å²) >= 11 is 6.67. The summed E-state index contributed by atoms with van der Waals surface area (Å²) in [6.07, 6.45) is 3.38. The molecule has 2 heterocycles. The summed E-state index contributed by atoms with van der Waals surface area (Å²) in [5, 5.41) is 8.93. The zero-order chi connectivity index (χ0) is 32.8. The second-order valence-electron chi connectivity index (χ2n) is 13.1. The third-order valence-corrected chi connectivity index (χ3v) is 8.78. The normalized spacial score (nSPS) is 16.3. The molecule has 6 rings (SSSR count). The number of hydrogen-bond donors (Lipinski definition) is 1. The summed E-state index contributed by atoms with van der Waals surface area (Å²) in [4.78, 5) is 30.8. The third-order valence-electron chi connectivity index (χ3n) is 8.47. The van der Waals surface area contributed by atoms with Gasteiger partial charge in [-0.3, -0.25) is 9.59 Å². The number of nitrogens with one attached hydrogen (secondary N) is 1. The summed E-state index contributed by atoms with van der Waals surface area (Å²) in [7, 11) is 0. The molecule has 8 nitrogen and oxygen atoms in total. The highest BCUT2D eigenvalue weighted by Gasteiger charge is 2.40. The first-order valence-corrected chi connectivity index (χ1v) is 15.8. The molecule has 1 aliphatic rings. The van der Waals surface area contributed by atoms with Crippen LogP contribution in [0.15, 0.2) is 67.0 Å². The monoisotopic (exact) mass is 641 g/mol. The highest BCUT2D eigenvalue weighted by Crippen LogP contribution is 2.42. The SMILES string of the molecule is Cc1ccc2c3c(n(CCC(=O)OC(C)(C)C)c2c1)CC[C@](NC(=O)c1ccc(-n2cnc(C)n2)cc1Cl)(c1cccc(F)c1)C3. The standard InChI is InChI=1S/C36H37ClFN5O3/c1-22-9-11-27-29-20-36(24-7-6-8-25(38)18-24,15-13-31(29)42(32(27)17-22)16-14-33(44)46-35(3,4)5)40-34(45)28-12-10-26(19-30(28)37)43-21-39-23(2)41-43/h6-12,17-19,21H,13-16,20H2,1-5H3,(H,40,45)/t36-/m1/s1. The van der Waals surface area contributed by atoms with E-state index in [-0.39, 0.29) is 29.1 Å². The zero-order valence-electron chi connectivity index (χ0n) is 26.7. The Bertz CT molecular complexity index is 1970. The number of ether oxygens (including phenoxy) is 1. The van der Waals surface area contributed by atoms with Crippen molar-refractivity contribution in [3.05, 3.63) is 112 Å². The van der Waals surface area contributed by atoms with Gasteiger partial charge >= 0.3 is 5.97 Å². The second kappa shape index (κ2) is 12.0. The fourth-order valence-corrected chi connectivity index (χ4v) is 6.70. The van der Waals surface area contributed by atoms with Crippen LogP contribution in [-0.2, 0) is 34.5 Å². The molecule has 1 amide bonds. The van der Waals surface area contributed by atoms with Crippen LogP contribution < -0.4 is 5.32 Å². The molecule has 0 aliphatic heterocycles. The van der Waals surface area contributed by atoms with E-state index in [1.54, 1.807) is 42.2 Å². The van der Waals surface area contributed by atoms with E-state index in [9.17, 15) is 14.0 Å². The molecule has 0 saturated carbocycles. The molecule has 1 aliphatic carbocycles. The van der Waals surface area contributed by atoms with Crippen molar-refractivity contribution in [2.24, 2.45) is 0 Å². The number of fused-ring (bicyclic) bond motifs is 3. The Morgan fingerprint density at radius 2 is 1.89 bits per heavy atom. The van der Waals surface area contributed by atoms with Gasteiger partial charge in [-0.15, -0.1) is 0 Å². The van der Waals surface area contributed by atoms with Crippen LogP contribution in [0.3, 0.4) is 0 Å². The molecule has 238 valence electrons. The van der Waals surface area contributed by atoms with Crippen LogP contribution in [0.2, 0.25) is 5.02 Å². The van der Waals surface area contributed by atoms with Crippen LogP contribution in [0.4, 0.5) is 4.39 Å². The Hall–Kier alpha value is -4.50. The highest BCUT2D eigenvalue weighted by molar-refractivity contribution is 6.34. The van der Waals surface area contributed by atoms with Crippen LogP contribution >= 0.6 is 11.6 Å². The number of hydrogen-bond acceptors (Lipinski definition) is 5. The van der Waals surface area contributed by atoms with Crippen molar-refractivity contribution in [2.75, 3.05) is 0 Å². The lowest BCUT2D eigenvalue weighted by atomic mass is 9.74. The fourth-order valence-electron chi connectivity index (χ4n) is 6.44. The molecule has 0 radical (unpaired) electrons. The van der Waals surface area contributed by atoms with Crippen LogP contribution in [0.5, 0.6) is 0 Å². The summed E-state index contributed by atoms with van der Waals surface area (Å²) in [6.45, 7) is 9.89. The smallest absolute Gasteiger partial charge is 0.308 e. The molecule has 10 heteroatoms. The second-order valence-corrected chi connectivity index (χ2v) is 13.5. The molecule has 1 N–H and O–H groups in total. The first kappa shape index (κ1) is 31.5. The van der Waals surface area contributed by atoms with Crippen LogP contribution in [-0.4, -0.2) is 36.8 Å². The molecule has 0 saturated heterocycles. The van der Waals surface area contributed by atoms with Gasteiger partial charge in [-0.25, -0.2) is 14.1 Å². The summed E-state index contributed by atoms with van der Waals surface area (Å²) in [5.74, 6) is -0.371. The van der Waals surface area contributed by atoms with Crippen LogP contribution in [0.25, 0.3) is 16.6 Å². The minimum atomic E-state index is -0.910. The van der Waals surface area contributed by atoms with Gasteiger partial charge in [0, 0.05) is 29.6 Å². The lowest BCUT2D eigenvalue weighted by Crippen LogP contribution is -2.50. The molecule has 2 aromatic heterocycles. The molecule has 0 bridgehead atoms. The average molecular weight is 642 g/mol. The quantitative estimate of drug-likeness (QED) is 0.190. The zero-order valence-corrected chi connectivity index (χ0v) is 27.4. The van der Waals surface area contributed by atoms with Gasteiger partial charge < -0.3 is 14.6 Å². The van der Waals surface area contributed by atoms with E-state index in [4.69, 9.17) is 16.3 Å². The van der Waals surface area contributed by atoms with Gasteiger partial charge in [0.2, 0.25) is 0 Å². The number of carbonyl (C=O) groups is 2. The third kappa shape index (κ3) is 6.29. The molecule has 46 heavy (non-hydrogen) atoms. The van der Waals surface area contributed by atoms with E-state index in [0.29, 0.717) is 48.4 Å². The van der Waals surface area contributed by atoms with Crippen molar-refractivity contribution >= 4 is 34.4 Å². The predicted octanol–water partition coefficient (Wildman–Crippen LogP) is 7.18. The van der Waals surface area contributed by atoms with E-state index in [1.165, 1.54) is 12.1 Å². The van der Waals surface area contributed by atoms with E-state index >= 15 is 0 Å². The van der Waals surface area contributed by atoms with Gasteiger partial charge in [0.1, 0.15) is 23.6 Å². The van der Waals surface area contributed by atoms with Gasteiger partial charge in [-0.05, 0) is 101 Å². The Kier molecular flexibility index (Phi) is 8.23. The maximum absolute atomic E-state index is 14.7. The first-order valence-electron chi connectivity index (χ1n) is 15.4. The first-order chi connectivity index (χ1) is 21.8. The van der Waals surface area contributed by atoms with E-state index in [0.717, 1.165) is 27.7 Å². The molecule has 0 fully saturated rings. The molecule has 0 spiro atoms. The maximum atomic E-state index is 14.7. The highest BCUT2D eigenvalue weighted by atomic mass is 35.5. The topological polar surface area (TPSA) is 91.0 Å². The van der Waals surface area contributed by atoms with Crippen LogP contribution in [0, 0.1) is 19.7 Å². The van der Waals surface area contributed by atoms with Gasteiger partial charge in [-0.2, -0.15) is 5.10 Å². The molecular formula is C36H37ClFN5O3. The number of rotatable bonds is 7. The molecule has 1 atom stereocenters. The minimum Gasteiger partial charge on any atom is -0.460 e. The van der Waals surface area contributed by atoms with Crippen molar-refractivity contribution in [3.8, 4) is 5.69 Å². The number of esters is 1. The minimum absolute atomic E-state index is 0.232. The Labute approximate surface area is 272 Å². The van der Waals surface area contributed by atoms with Crippen molar-refractivity contribution in [1.82, 2.24) is 24.6 Å². The lowest BCUT2D eigenvalue weighted by Gasteiger charge is -2.39. The Morgan fingerprint density at radius 3 is 2.59 bits per heavy atom. The Balaban J connectivity index is 1.37. The number of aromatic nitrogens is 4. The fraction of sp³-hybridized carbons (Fsp3) is 0.333. The molecule has 5 aromatic rings. The number of amides is 1. The molecular weight excluding hydrogens is 605 g/mol. The van der Waals surface area contributed by atoms with Crippen molar-refractivity contribution in [3.63, 3.8) is 0 Å². The van der Waals surface area contributed by atoms with Gasteiger partial charge in [0.05, 0.1) is 28.2 Å². The molecule has 0 unspecified atom stereocenters. The number of halogens is 2. The molecule has 3 aromatic carbocycles. The maximum Gasteiger partial charge on any atom is 0.308 e. The Morgan fingerprint density at radius 1 is 1.09 bits per heavy atom. The predicted molar refractivity (Wildman–Crippen MR) is 176 cm³/mol. The van der Waals surface area contributed by atoms with E-state index in [2.05, 4.69) is 38.2 Å². The van der Waals surface area contributed by atoms with Gasteiger partial charge in [-0.1, -0.05) is 35.9 Å². The van der Waals surface area contributed by atoms with Gasteiger partial charge in [0.15, 0.2) is 0 Å². The average Bonchev–Trinajstić information content (AvgIpc) is 3.55. The lowest BCUT2D eigenvalue weighted by molar-refractivity contribution is -0.155. The van der Waals surface area contributed by atoms with Crippen LogP contribution in [0.1, 0.15) is 72.2 Å². The van der Waals surface area contributed by atoms with Crippen molar-refractivity contribution < 1.29 is 18.7 Å². The van der Waals surface area contributed by atoms with Crippen molar-refractivity contribution in [1.29, 1.82) is 0 Å². The number of carbonyl (C=O) groups excluding carboxylic acids is 2. The number of aryl methyl sites for hydroxylation is 3. The van der Waals surface area contributed by atoms with E-state index in [1.807, 2.05) is 33.8 Å². The number of benzene rings is 3. The summed E-state index contributed by atoms with van der Waals surface area (Å²) in [6, 6.07) is 17.8. The summed E-state index contributed by atoms with van der Waals surface area (Å²) in [5.41, 5.74) is 4.49. The van der Waals surface area contributed by atoms with Crippen molar-refractivity contribution in [2.45, 2.75) is 78.0 Å². The summed E-state index contributed by atoms with van der Waals surface area (Å²) < 4.78 is 24.1. The van der Waals surface area contributed by atoms with Gasteiger partial charge in [0.25, 0.3) is 5.91 Å². The number of nitrogens with zero attached hydrogens (tertiary/aromatic N) is 4.